The van der Waals surface area contributed by atoms with Gasteiger partial charge < -0.3 is 9.88 Å². The Labute approximate surface area is 192 Å². The number of hydrogen-bond donors (Lipinski definition) is 1. The summed E-state index contributed by atoms with van der Waals surface area (Å²) in [5.41, 5.74) is 6.67. The highest BCUT2D eigenvalue weighted by Gasteiger charge is 2.31. The molecule has 1 unspecified atom stereocenters. The Balaban J connectivity index is 1.43. The van der Waals surface area contributed by atoms with Crippen molar-refractivity contribution in [3.63, 3.8) is 0 Å². The highest BCUT2D eigenvalue weighted by Crippen LogP contribution is 2.43. The summed E-state index contributed by atoms with van der Waals surface area (Å²) < 4.78 is 16.2. The standard InChI is InChI=1S/C28H26FN3O/c1-17-6-4-11-23(27-30-24-16-19(29)12-15-25(24)32(27)20-13-14-20)26(17)31-28(33)22-10-5-8-18-7-2-3-9-21(18)22/h2-4,6-7,9,11-12,15-16,20,22H,5,8,10,13-14H2,1H3,(H,31,33). The van der Waals surface area contributed by atoms with E-state index in [1.807, 2.05) is 43.3 Å². The maximum absolute atomic E-state index is 13.9. The van der Waals surface area contributed by atoms with Crippen molar-refractivity contribution in [2.24, 2.45) is 0 Å². The Kier molecular flexibility index (Phi) is 4.79. The van der Waals surface area contributed by atoms with Crippen LogP contribution in [-0.2, 0) is 11.2 Å². The number of amides is 1. The summed E-state index contributed by atoms with van der Waals surface area (Å²) in [5.74, 6) is 0.376. The Morgan fingerprint density at radius 3 is 2.76 bits per heavy atom. The second kappa shape index (κ2) is 7.84. The Morgan fingerprint density at radius 1 is 1.06 bits per heavy atom. The first-order valence-electron chi connectivity index (χ1n) is 11.8. The minimum atomic E-state index is -0.289. The zero-order valence-electron chi connectivity index (χ0n) is 18.6. The molecule has 4 aromatic rings. The molecule has 1 heterocycles. The number of para-hydroxylation sites is 1. The largest absolute Gasteiger partial charge is 0.325 e. The van der Waals surface area contributed by atoms with Crippen molar-refractivity contribution in [2.75, 3.05) is 5.32 Å². The molecule has 2 aliphatic rings. The molecule has 1 atom stereocenters. The van der Waals surface area contributed by atoms with E-state index >= 15 is 0 Å². The van der Waals surface area contributed by atoms with Crippen LogP contribution in [-0.4, -0.2) is 15.5 Å². The lowest BCUT2D eigenvalue weighted by Crippen LogP contribution is -2.25. The van der Waals surface area contributed by atoms with Crippen LogP contribution in [0.15, 0.2) is 60.7 Å². The molecular formula is C28H26FN3O. The fraction of sp³-hybridized carbons (Fsp3) is 0.286. The number of fused-ring (bicyclic) bond motifs is 2. The van der Waals surface area contributed by atoms with E-state index in [1.165, 1.54) is 17.7 Å². The predicted molar refractivity (Wildman–Crippen MR) is 129 cm³/mol. The maximum atomic E-state index is 13.9. The van der Waals surface area contributed by atoms with Crippen LogP contribution in [0.1, 0.15) is 54.3 Å². The van der Waals surface area contributed by atoms with Gasteiger partial charge in [-0.1, -0.05) is 36.4 Å². The summed E-state index contributed by atoms with van der Waals surface area (Å²) in [6.07, 6.45) is 5.06. The topological polar surface area (TPSA) is 46.9 Å². The summed E-state index contributed by atoms with van der Waals surface area (Å²) in [4.78, 5) is 18.4. The van der Waals surface area contributed by atoms with Crippen LogP contribution in [0.4, 0.5) is 10.1 Å². The van der Waals surface area contributed by atoms with Crippen LogP contribution in [0.3, 0.4) is 0 Å². The first-order valence-corrected chi connectivity index (χ1v) is 11.8. The van der Waals surface area contributed by atoms with Gasteiger partial charge >= 0.3 is 0 Å². The average Bonchev–Trinajstić information content (AvgIpc) is 3.60. The Bertz CT molecular complexity index is 1390. The smallest absolute Gasteiger partial charge is 0.231 e. The fourth-order valence-corrected chi connectivity index (χ4v) is 5.22. The second-order valence-corrected chi connectivity index (χ2v) is 9.30. The molecule has 1 saturated carbocycles. The van der Waals surface area contributed by atoms with Gasteiger partial charge in [-0.25, -0.2) is 9.37 Å². The average molecular weight is 440 g/mol. The zero-order chi connectivity index (χ0) is 22.5. The summed E-state index contributed by atoms with van der Waals surface area (Å²) >= 11 is 0. The molecule has 0 aliphatic heterocycles. The SMILES string of the molecule is Cc1cccc(-c2nc3cc(F)ccc3n2C2CC2)c1NC(=O)C1CCCc2ccccc21. The monoisotopic (exact) mass is 439 g/mol. The number of nitrogens with zero attached hydrogens (tertiary/aromatic N) is 2. The molecule has 166 valence electrons. The van der Waals surface area contributed by atoms with Crippen molar-refractivity contribution in [3.05, 3.63) is 83.2 Å². The van der Waals surface area contributed by atoms with Gasteiger partial charge in [0.1, 0.15) is 11.6 Å². The summed E-state index contributed by atoms with van der Waals surface area (Å²) in [6, 6.07) is 19.4. The van der Waals surface area contributed by atoms with Crippen molar-refractivity contribution in [3.8, 4) is 11.4 Å². The van der Waals surface area contributed by atoms with Crippen LogP contribution in [0.5, 0.6) is 0 Å². The molecule has 33 heavy (non-hydrogen) atoms. The van der Waals surface area contributed by atoms with Gasteiger partial charge in [0.15, 0.2) is 0 Å². The number of imidazole rings is 1. The third kappa shape index (κ3) is 3.52. The van der Waals surface area contributed by atoms with Gasteiger partial charge in [-0.2, -0.15) is 0 Å². The van der Waals surface area contributed by atoms with E-state index in [4.69, 9.17) is 4.98 Å². The van der Waals surface area contributed by atoms with Gasteiger partial charge in [-0.3, -0.25) is 4.79 Å². The maximum Gasteiger partial charge on any atom is 0.231 e. The molecule has 2 aliphatic carbocycles. The molecule has 0 spiro atoms. The number of hydrogen-bond acceptors (Lipinski definition) is 2. The number of anilines is 1. The first-order chi connectivity index (χ1) is 16.1. The van der Waals surface area contributed by atoms with Crippen molar-refractivity contribution in [1.29, 1.82) is 0 Å². The zero-order valence-corrected chi connectivity index (χ0v) is 18.6. The Hall–Kier alpha value is -3.47. The molecule has 1 amide bonds. The molecule has 4 nitrogen and oxygen atoms in total. The lowest BCUT2D eigenvalue weighted by Gasteiger charge is -2.25. The number of carbonyl (C=O) groups is 1. The molecule has 1 N–H and O–H groups in total. The fourth-order valence-electron chi connectivity index (χ4n) is 5.22. The summed E-state index contributed by atoms with van der Waals surface area (Å²) in [6.45, 7) is 2.01. The second-order valence-electron chi connectivity index (χ2n) is 9.30. The van der Waals surface area contributed by atoms with E-state index < -0.39 is 0 Å². The van der Waals surface area contributed by atoms with Gasteiger partial charge in [-0.05, 0) is 73.9 Å². The quantitative estimate of drug-likeness (QED) is 0.392. The summed E-state index contributed by atoms with van der Waals surface area (Å²) in [5, 5.41) is 3.26. The number of carbonyl (C=O) groups excluding carboxylic acids is 1. The van der Waals surface area contributed by atoms with E-state index in [9.17, 15) is 9.18 Å². The molecule has 0 bridgehead atoms. The molecule has 1 aromatic heterocycles. The highest BCUT2D eigenvalue weighted by atomic mass is 19.1. The normalized spacial score (nSPS) is 17.7. The van der Waals surface area contributed by atoms with E-state index in [0.29, 0.717) is 11.6 Å². The van der Waals surface area contributed by atoms with E-state index in [-0.39, 0.29) is 17.6 Å². The van der Waals surface area contributed by atoms with Crippen LogP contribution in [0.25, 0.3) is 22.4 Å². The van der Waals surface area contributed by atoms with Crippen LogP contribution in [0.2, 0.25) is 0 Å². The third-order valence-corrected chi connectivity index (χ3v) is 7.01. The van der Waals surface area contributed by atoms with Gasteiger partial charge in [0, 0.05) is 17.7 Å². The molecule has 3 aromatic carbocycles. The van der Waals surface area contributed by atoms with E-state index in [1.54, 1.807) is 0 Å². The van der Waals surface area contributed by atoms with Gasteiger partial charge in [-0.15, -0.1) is 0 Å². The molecule has 6 rings (SSSR count). The van der Waals surface area contributed by atoms with Crippen molar-refractivity contribution in [2.45, 2.75) is 51.0 Å². The molecule has 5 heteroatoms. The first kappa shape index (κ1) is 20.2. The van der Waals surface area contributed by atoms with E-state index in [2.05, 4.69) is 22.0 Å². The van der Waals surface area contributed by atoms with Crippen LogP contribution in [0, 0.1) is 12.7 Å². The predicted octanol–water partition coefficient (Wildman–Crippen LogP) is 6.54. The van der Waals surface area contributed by atoms with Gasteiger partial charge in [0.25, 0.3) is 0 Å². The van der Waals surface area contributed by atoms with E-state index in [0.717, 1.165) is 65.8 Å². The molecule has 1 fully saturated rings. The minimum absolute atomic E-state index is 0.0258. The number of rotatable bonds is 4. The highest BCUT2D eigenvalue weighted by molar-refractivity contribution is 6.00. The number of nitrogens with one attached hydrogen (secondary N) is 1. The Morgan fingerprint density at radius 2 is 1.91 bits per heavy atom. The minimum Gasteiger partial charge on any atom is -0.325 e. The third-order valence-electron chi connectivity index (χ3n) is 7.01. The molecule has 0 radical (unpaired) electrons. The van der Waals surface area contributed by atoms with Crippen LogP contribution >= 0.6 is 0 Å². The van der Waals surface area contributed by atoms with Crippen molar-refractivity contribution >= 4 is 22.6 Å². The molecular weight excluding hydrogens is 413 g/mol. The van der Waals surface area contributed by atoms with Gasteiger partial charge in [0.05, 0.1) is 22.6 Å². The van der Waals surface area contributed by atoms with Gasteiger partial charge in [0.2, 0.25) is 5.91 Å². The van der Waals surface area contributed by atoms with Crippen LogP contribution < -0.4 is 5.32 Å². The number of aromatic nitrogens is 2. The molecule has 0 saturated heterocycles. The van der Waals surface area contributed by atoms with Crippen molar-refractivity contribution < 1.29 is 9.18 Å². The lowest BCUT2D eigenvalue weighted by molar-refractivity contribution is -0.117. The lowest BCUT2D eigenvalue weighted by atomic mass is 9.82. The number of halogens is 1. The number of aryl methyl sites for hydroxylation is 2. The van der Waals surface area contributed by atoms with Crippen molar-refractivity contribution in [1.82, 2.24) is 9.55 Å². The summed E-state index contributed by atoms with van der Waals surface area (Å²) in [7, 11) is 0. The number of benzene rings is 3.